The number of aliphatic carboxylic acids is 1. The van der Waals surface area contributed by atoms with Crippen LogP contribution in [0.3, 0.4) is 0 Å². The van der Waals surface area contributed by atoms with Crippen molar-refractivity contribution >= 4 is 18.0 Å². The first-order valence-corrected chi connectivity index (χ1v) is 7.93. The molecule has 2 rings (SSSR count). The molecule has 0 aromatic carbocycles. The van der Waals surface area contributed by atoms with Crippen LogP contribution in [0.4, 0.5) is 4.79 Å². The SMILES string of the molecule is COC(=O)NC(C(=O)N1C(C)CC[C@H]1C(=O)O)C1CCOCC1. The van der Waals surface area contributed by atoms with Crippen LogP contribution in [-0.2, 0) is 19.1 Å². The molecule has 2 amide bonds. The van der Waals surface area contributed by atoms with E-state index in [0.717, 1.165) is 0 Å². The number of rotatable bonds is 4. The van der Waals surface area contributed by atoms with Gasteiger partial charge >= 0.3 is 12.1 Å². The van der Waals surface area contributed by atoms with Gasteiger partial charge in [0.15, 0.2) is 0 Å². The van der Waals surface area contributed by atoms with Crippen molar-refractivity contribution < 1.29 is 29.0 Å². The van der Waals surface area contributed by atoms with Crippen LogP contribution in [0.25, 0.3) is 0 Å². The number of carboxylic acids is 1. The number of hydrogen-bond donors (Lipinski definition) is 2. The van der Waals surface area contributed by atoms with E-state index in [-0.39, 0.29) is 17.9 Å². The van der Waals surface area contributed by atoms with Crippen molar-refractivity contribution in [2.24, 2.45) is 5.92 Å². The summed E-state index contributed by atoms with van der Waals surface area (Å²) < 4.78 is 9.92. The Hall–Kier alpha value is -1.83. The minimum atomic E-state index is -1.01. The first-order chi connectivity index (χ1) is 11.0. The van der Waals surface area contributed by atoms with Crippen LogP contribution < -0.4 is 5.32 Å². The zero-order chi connectivity index (χ0) is 17.0. The lowest BCUT2D eigenvalue weighted by Crippen LogP contribution is -2.56. The van der Waals surface area contributed by atoms with Crippen molar-refractivity contribution in [2.75, 3.05) is 20.3 Å². The summed E-state index contributed by atoms with van der Waals surface area (Å²) in [6.07, 6.45) is 1.66. The second kappa shape index (κ2) is 7.63. The molecule has 2 unspecified atom stereocenters. The van der Waals surface area contributed by atoms with Crippen LogP contribution >= 0.6 is 0 Å². The van der Waals surface area contributed by atoms with E-state index in [9.17, 15) is 19.5 Å². The fourth-order valence-corrected chi connectivity index (χ4v) is 3.37. The fraction of sp³-hybridized carbons (Fsp3) is 0.800. The van der Waals surface area contributed by atoms with Crippen LogP contribution in [0.1, 0.15) is 32.6 Å². The summed E-state index contributed by atoms with van der Waals surface area (Å²) in [5.74, 6) is -1.44. The lowest BCUT2D eigenvalue weighted by atomic mass is 9.90. The van der Waals surface area contributed by atoms with E-state index in [4.69, 9.17) is 4.74 Å². The maximum absolute atomic E-state index is 13.0. The lowest BCUT2D eigenvalue weighted by molar-refractivity contribution is -0.151. The first kappa shape index (κ1) is 17.5. The number of nitrogens with zero attached hydrogens (tertiary/aromatic N) is 1. The number of methoxy groups -OCH3 is 1. The Kier molecular flexibility index (Phi) is 5.81. The molecule has 0 saturated carbocycles. The largest absolute Gasteiger partial charge is 0.480 e. The predicted octanol–water partition coefficient (Wildman–Crippen LogP) is 0.602. The third kappa shape index (κ3) is 3.93. The Morgan fingerprint density at radius 2 is 1.87 bits per heavy atom. The summed E-state index contributed by atoms with van der Waals surface area (Å²) in [5, 5.41) is 11.9. The molecule has 23 heavy (non-hydrogen) atoms. The Bertz CT molecular complexity index is 463. The average Bonchev–Trinajstić information content (AvgIpc) is 2.94. The highest BCUT2D eigenvalue weighted by Crippen LogP contribution is 2.28. The third-order valence-electron chi connectivity index (χ3n) is 4.67. The Labute approximate surface area is 135 Å². The maximum Gasteiger partial charge on any atom is 0.407 e. The van der Waals surface area contributed by atoms with Gasteiger partial charge in [-0.2, -0.15) is 0 Å². The Morgan fingerprint density at radius 3 is 2.43 bits per heavy atom. The van der Waals surface area contributed by atoms with Crippen LogP contribution in [0, 0.1) is 5.92 Å². The normalized spacial score (nSPS) is 26.6. The van der Waals surface area contributed by atoms with Crippen LogP contribution in [0.5, 0.6) is 0 Å². The summed E-state index contributed by atoms with van der Waals surface area (Å²) in [6.45, 7) is 2.88. The van der Waals surface area contributed by atoms with E-state index in [1.165, 1.54) is 12.0 Å². The molecule has 0 aromatic heterocycles. The number of carbonyl (C=O) groups is 3. The smallest absolute Gasteiger partial charge is 0.407 e. The van der Waals surface area contributed by atoms with Crippen LogP contribution in [0.2, 0.25) is 0 Å². The average molecular weight is 328 g/mol. The molecule has 0 bridgehead atoms. The molecule has 2 fully saturated rings. The van der Waals surface area contributed by atoms with Gasteiger partial charge in [-0.3, -0.25) is 4.79 Å². The molecule has 8 nitrogen and oxygen atoms in total. The number of likely N-dealkylation sites (tertiary alicyclic amines) is 1. The van der Waals surface area contributed by atoms with Gasteiger partial charge in [0.05, 0.1) is 7.11 Å². The maximum atomic E-state index is 13.0. The summed E-state index contributed by atoms with van der Waals surface area (Å²) in [5.41, 5.74) is 0. The molecule has 2 heterocycles. The first-order valence-electron chi connectivity index (χ1n) is 7.93. The molecule has 3 atom stereocenters. The molecule has 8 heteroatoms. The van der Waals surface area contributed by atoms with Crippen molar-refractivity contribution in [2.45, 2.75) is 50.7 Å². The molecule has 2 aliphatic heterocycles. The highest BCUT2D eigenvalue weighted by atomic mass is 16.5. The molecule has 2 saturated heterocycles. The second-order valence-electron chi connectivity index (χ2n) is 6.09. The van der Waals surface area contributed by atoms with Crippen molar-refractivity contribution in [1.82, 2.24) is 10.2 Å². The van der Waals surface area contributed by atoms with Crippen LogP contribution in [-0.4, -0.2) is 66.4 Å². The third-order valence-corrected chi connectivity index (χ3v) is 4.67. The molecule has 0 radical (unpaired) electrons. The van der Waals surface area contributed by atoms with E-state index in [1.54, 1.807) is 0 Å². The quantitative estimate of drug-likeness (QED) is 0.783. The number of carboxylic acid groups (broad SMARTS) is 1. The molecule has 0 aliphatic carbocycles. The van der Waals surface area contributed by atoms with E-state index in [2.05, 4.69) is 10.1 Å². The number of carbonyl (C=O) groups excluding carboxylic acids is 2. The van der Waals surface area contributed by atoms with Gasteiger partial charge in [0.2, 0.25) is 5.91 Å². The van der Waals surface area contributed by atoms with Gasteiger partial charge in [0, 0.05) is 19.3 Å². The Morgan fingerprint density at radius 1 is 1.22 bits per heavy atom. The topological polar surface area (TPSA) is 105 Å². The number of amides is 2. The van der Waals surface area contributed by atoms with Crippen molar-refractivity contribution in [1.29, 1.82) is 0 Å². The van der Waals surface area contributed by atoms with E-state index >= 15 is 0 Å². The lowest BCUT2D eigenvalue weighted by Gasteiger charge is -2.35. The molecule has 130 valence electrons. The fourth-order valence-electron chi connectivity index (χ4n) is 3.37. The van der Waals surface area contributed by atoms with Gasteiger partial charge < -0.3 is 24.8 Å². The van der Waals surface area contributed by atoms with Gasteiger partial charge in [-0.05, 0) is 38.5 Å². The van der Waals surface area contributed by atoms with E-state index in [1.807, 2.05) is 6.92 Å². The molecular formula is C15H24N2O6. The second-order valence-corrected chi connectivity index (χ2v) is 6.09. The molecule has 2 aliphatic rings. The number of nitrogens with one attached hydrogen (secondary N) is 1. The standard InChI is InChI=1S/C15H24N2O6/c1-9-3-4-11(14(19)20)17(9)13(18)12(16-15(21)22-2)10-5-7-23-8-6-10/h9-12H,3-8H2,1-2H3,(H,16,21)(H,19,20)/t9?,11-,12?/m0/s1. The highest BCUT2D eigenvalue weighted by Gasteiger charge is 2.43. The van der Waals surface area contributed by atoms with Gasteiger partial charge in [0.25, 0.3) is 0 Å². The summed E-state index contributed by atoms with van der Waals surface area (Å²) in [6, 6.07) is -1.78. The minimum absolute atomic E-state index is 0.0856. The van der Waals surface area contributed by atoms with Crippen molar-refractivity contribution in [3.63, 3.8) is 0 Å². The van der Waals surface area contributed by atoms with Gasteiger partial charge in [-0.15, -0.1) is 0 Å². The van der Waals surface area contributed by atoms with Crippen molar-refractivity contribution in [3.05, 3.63) is 0 Å². The van der Waals surface area contributed by atoms with Gasteiger partial charge in [-0.25, -0.2) is 9.59 Å². The molecular weight excluding hydrogens is 304 g/mol. The van der Waals surface area contributed by atoms with Crippen molar-refractivity contribution in [3.8, 4) is 0 Å². The zero-order valence-corrected chi connectivity index (χ0v) is 13.5. The minimum Gasteiger partial charge on any atom is -0.480 e. The molecule has 0 aromatic rings. The highest BCUT2D eigenvalue weighted by molar-refractivity contribution is 5.90. The zero-order valence-electron chi connectivity index (χ0n) is 13.5. The summed E-state index contributed by atoms with van der Waals surface area (Å²) in [7, 11) is 1.24. The summed E-state index contributed by atoms with van der Waals surface area (Å²) in [4.78, 5) is 37.4. The number of alkyl carbamates (subject to hydrolysis) is 1. The van der Waals surface area contributed by atoms with Crippen LogP contribution in [0.15, 0.2) is 0 Å². The van der Waals surface area contributed by atoms with Gasteiger partial charge in [0.1, 0.15) is 12.1 Å². The number of hydrogen-bond acceptors (Lipinski definition) is 5. The molecule has 0 spiro atoms. The number of ether oxygens (including phenoxy) is 2. The van der Waals surface area contributed by atoms with E-state index in [0.29, 0.717) is 38.9 Å². The Balaban J connectivity index is 2.20. The van der Waals surface area contributed by atoms with Gasteiger partial charge in [-0.1, -0.05) is 0 Å². The molecule has 2 N–H and O–H groups in total. The predicted molar refractivity (Wildman–Crippen MR) is 79.8 cm³/mol. The monoisotopic (exact) mass is 328 g/mol. The van der Waals surface area contributed by atoms with E-state index < -0.39 is 24.1 Å². The summed E-state index contributed by atoms with van der Waals surface area (Å²) >= 11 is 0.